The molecule has 27 heavy (non-hydrogen) atoms. The Hall–Kier alpha value is -2.95. The number of esters is 1. The number of hydrogen-bond donors (Lipinski definition) is 0. The van der Waals surface area contributed by atoms with Crippen LogP contribution in [0.25, 0.3) is 6.08 Å². The Bertz CT molecular complexity index is 911. The summed E-state index contributed by atoms with van der Waals surface area (Å²) in [6, 6.07) is 6.97. The van der Waals surface area contributed by atoms with E-state index >= 15 is 0 Å². The molecule has 1 aromatic heterocycles. The lowest BCUT2D eigenvalue weighted by molar-refractivity contribution is -0.139. The number of fused-ring (bicyclic) bond motifs is 1. The van der Waals surface area contributed by atoms with Crippen LogP contribution < -0.4 is 9.47 Å². The van der Waals surface area contributed by atoms with Gasteiger partial charge in [0.2, 0.25) is 5.78 Å². The van der Waals surface area contributed by atoms with Crippen LogP contribution in [0, 0.1) is 12.8 Å². The number of hydrogen-bond acceptors (Lipinski definition) is 5. The van der Waals surface area contributed by atoms with Crippen molar-refractivity contribution in [3.63, 3.8) is 0 Å². The van der Waals surface area contributed by atoms with Crippen LogP contribution in [-0.2, 0) is 4.79 Å². The zero-order chi connectivity index (χ0) is 18.8. The predicted octanol–water partition coefficient (Wildman–Crippen LogP) is 4.49. The lowest BCUT2D eigenvalue weighted by atomic mass is 9.89. The molecule has 4 rings (SSSR count). The fourth-order valence-electron chi connectivity index (χ4n) is 3.69. The highest BCUT2D eigenvalue weighted by molar-refractivity contribution is 6.15. The van der Waals surface area contributed by atoms with Crippen LogP contribution >= 0.6 is 0 Å². The van der Waals surface area contributed by atoms with Crippen molar-refractivity contribution in [2.75, 3.05) is 0 Å². The second kappa shape index (κ2) is 7.35. The molecule has 0 bridgehead atoms. The number of nitrogens with zero attached hydrogens (tertiary/aromatic N) is 1. The van der Waals surface area contributed by atoms with Crippen LogP contribution in [0.3, 0.4) is 0 Å². The second-order valence-corrected chi connectivity index (χ2v) is 7.09. The summed E-state index contributed by atoms with van der Waals surface area (Å²) in [5.74, 6) is 0.744. The molecule has 0 saturated heterocycles. The van der Waals surface area contributed by atoms with Gasteiger partial charge in [-0.3, -0.25) is 14.6 Å². The molecule has 0 spiro atoms. The molecule has 0 amide bonds. The molecule has 2 aromatic rings. The number of aryl methyl sites for hydroxylation is 1. The molecular formula is C22H21NO4. The fourth-order valence-corrected chi connectivity index (χ4v) is 3.69. The molecule has 2 aliphatic rings. The van der Waals surface area contributed by atoms with E-state index in [1.807, 2.05) is 6.92 Å². The van der Waals surface area contributed by atoms with Gasteiger partial charge in [-0.1, -0.05) is 19.3 Å². The quantitative estimate of drug-likeness (QED) is 0.457. The molecule has 5 nitrogen and oxygen atoms in total. The summed E-state index contributed by atoms with van der Waals surface area (Å²) < 4.78 is 11.4. The summed E-state index contributed by atoms with van der Waals surface area (Å²) in [6.07, 6.45) is 10.1. The van der Waals surface area contributed by atoms with E-state index < -0.39 is 0 Å². The van der Waals surface area contributed by atoms with Crippen molar-refractivity contribution in [1.82, 2.24) is 4.98 Å². The van der Waals surface area contributed by atoms with Gasteiger partial charge in [-0.05, 0) is 55.2 Å². The van der Waals surface area contributed by atoms with Crippen LogP contribution in [-0.4, -0.2) is 16.7 Å². The van der Waals surface area contributed by atoms with Crippen molar-refractivity contribution in [1.29, 1.82) is 0 Å². The number of aromatic nitrogens is 1. The van der Waals surface area contributed by atoms with E-state index in [0.717, 1.165) is 36.8 Å². The maximum Gasteiger partial charge on any atom is 0.314 e. The average molecular weight is 363 g/mol. The third-order valence-corrected chi connectivity index (χ3v) is 5.10. The summed E-state index contributed by atoms with van der Waals surface area (Å²) in [4.78, 5) is 29.1. The Labute approximate surface area is 158 Å². The van der Waals surface area contributed by atoms with Gasteiger partial charge in [0.1, 0.15) is 11.5 Å². The van der Waals surface area contributed by atoms with Gasteiger partial charge in [0.15, 0.2) is 5.76 Å². The second-order valence-electron chi connectivity index (χ2n) is 7.09. The van der Waals surface area contributed by atoms with Gasteiger partial charge in [0, 0.05) is 18.5 Å². The van der Waals surface area contributed by atoms with E-state index in [1.54, 1.807) is 42.7 Å². The molecule has 1 aliphatic carbocycles. The van der Waals surface area contributed by atoms with Gasteiger partial charge >= 0.3 is 5.97 Å². The van der Waals surface area contributed by atoms with Crippen LogP contribution in [0.2, 0.25) is 0 Å². The van der Waals surface area contributed by atoms with Crippen molar-refractivity contribution < 1.29 is 19.1 Å². The first-order chi connectivity index (χ1) is 13.1. The van der Waals surface area contributed by atoms with Crippen LogP contribution in [0.1, 0.15) is 53.6 Å². The van der Waals surface area contributed by atoms with E-state index in [1.165, 1.54) is 6.42 Å². The molecule has 1 aliphatic heterocycles. The molecule has 0 unspecified atom stereocenters. The Morgan fingerprint density at radius 3 is 2.67 bits per heavy atom. The molecule has 0 atom stereocenters. The van der Waals surface area contributed by atoms with Crippen LogP contribution in [0.4, 0.5) is 0 Å². The molecule has 5 heteroatoms. The molecule has 1 saturated carbocycles. The predicted molar refractivity (Wildman–Crippen MR) is 101 cm³/mol. The SMILES string of the molecule is Cc1cc(OC(=O)C2CCCCC2)cc2c1C(=O)/C(=C/c1ccncc1)O2. The lowest BCUT2D eigenvalue weighted by Crippen LogP contribution is -2.22. The number of Topliss-reactive ketones (excluding diaryl/α,β-unsaturated/α-hetero) is 1. The lowest BCUT2D eigenvalue weighted by Gasteiger charge is -2.20. The van der Waals surface area contributed by atoms with E-state index in [0.29, 0.717) is 17.1 Å². The number of benzene rings is 1. The van der Waals surface area contributed by atoms with Gasteiger partial charge in [0.25, 0.3) is 0 Å². The van der Waals surface area contributed by atoms with Crippen molar-refractivity contribution in [2.45, 2.75) is 39.0 Å². The highest BCUT2D eigenvalue weighted by Gasteiger charge is 2.31. The minimum atomic E-state index is -0.189. The molecule has 0 radical (unpaired) electrons. The van der Waals surface area contributed by atoms with Crippen LogP contribution in [0.15, 0.2) is 42.4 Å². The summed E-state index contributed by atoms with van der Waals surface area (Å²) in [5.41, 5.74) is 2.10. The van der Waals surface area contributed by atoms with E-state index in [2.05, 4.69) is 4.98 Å². The van der Waals surface area contributed by atoms with Crippen molar-refractivity contribution in [3.05, 3.63) is 59.1 Å². The van der Waals surface area contributed by atoms with E-state index in [9.17, 15) is 9.59 Å². The number of carbonyl (C=O) groups is 2. The Morgan fingerprint density at radius 1 is 1.19 bits per heavy atom. The number of carbonyl (C=O) groups excluding carboxylic acids is 2. The number of ketones is 1. The number of pyridine rings is 1. The van der Waals surface area contributed by atoms with Crippen molar-refractivity contribution >= 4 is 17.8 Å². The largest absolute Gasteiger partial charge is 0.452 e. The minimum Gasteiger partial charge on any atom is -0.452 e. The fraction of sp³-hybridized carbons (Fsp3) is 0.318. The third kappa shape index (κ3) is 3.63. The molecule has 138 valence electrons. The topological polar surface area (TPSA) is 65.5 Å². The monoisotopic (exact) mass is 363 g/mol. The number of allylic oxidation sites excluding steroid dienone is 1. The van der Waals surface area contributed by atoms with Crippen molar-refractivity contribution in [2.24, 2.45) is 5.92 Å². The summed E-state index contributed by atoms with van der Waals surface area (Å²) >= 11 is 0. The Kier molecular flexibility index (Phi) is 4.75. The van der Waals surface area contributed by atoms with Gasteiger partial charge in [0.05, 0.1) is 11.5 Å². The summed E-state index contributed by atoms with van der Waals surface area (Å²) in [6.45, 7) is 1.83. The van der Waals surface area contributed by atoms with E-state index in [-0.39, 0.29) is 23.4 Å². The van der Waals surface area contributed by atoms with Gasteiger partial charge in [-0.15, -0.1) is 0 Å². The first-order valence-electron chi connectivity index (χ1n) is 9.32. The smallest absolute Gasteiger partial charge is 0.314 e. The normalized spacial score (nSPS) is 18.3. The maximum atomic E-state index is 12.7. The van der Waals surface area contributed by atoms with Gasteiger partial charge in [-0.2, -0.15) is 0 Å². The highest BCUT2D eigenvalue weighted by atomic mass is 16.5. The molecule has 1 aromatic carbocycles. The summed E-state index contributed by atoms with van der Waals surface area (Å²) in [7, 11) is 0. The highest BCUT2D eigenvalue weighted by Crippen LogP contribution is 2.38. The van der Waals surface area contributed by atoms with Gasteiger partial charge in [-0.25, -0.2) is 0 Å². The first-order valence-corrected chi connectivity index (χ1v) is 9.32. The first kappa shape index (κ1) is 17.5. The standard InChI is InChI=1S/C22H21NO4/c1-14-11-17(26-22(25)16-5-3-2-4-6-16)13-18-20(14)21(24)19(27-18)12-15-7-9-23-10-8-15/h7-13,16H,2-6H2,1H3/b19-12-. The Morgan fingerprint density at radius 2 is 1.93 bits per heavy atom. The maximum absolute atomic E-state index is 12.7. The van der Waals surface area contributed by atoms with Gasteiger partial charge < -0.3 is 9.47 Å². The molecule has 2 heterocycles. The molecular weight excluding hydrogens is 342 g/mol. The number of ether oxygens (including phenoxy) is 2. The molecule has 1 fully saturated rings. The Balaban J connectivity index is 1.56. The third-order valence-electron chi connectivity index (χ3n) is 5.10. The number of rotatable bonds is 3. The minimum absolute atomic E-state index is 0.0305. The average Bonchev–Trinajstić information content (AvgIpc) is 2.99. The zero-order valence-corrected chi connectivity index (χ0v) is 15.2. The summed E-state index contributed by atoms with van der Waals surface area (Å²) in [5, 5.41) is 0. The van der Waals surface area contributed by atoms with Crippen molar-refractivity contribution in [3.8, 4) is 11.5 Å². The van der Waals surface area contributed by atoms with E-state index in [4.69, 9.17) is 9.47 Å². The van der Waals surface area contributed by atoms with Crippen LogP contribution in [0.5, 0.6) is 11.5 Å². The zero-order valence-electron chi connectivity index (χ0n) is 15.2. The molecule has 0 N–H and O–H groups in total.